The van der Waals surface area contributed by atoms with Crippen molar-refractivity contribution in [3.8, 4) is 0 Å². The van der Waals surface area contributed by atoms with Crippen LogP contribution in [0.5, 0.6) is 0 Å². The largest absolute Gasteiger partial charge is 0.337 e. The van der Waals surface area contributed by atoms with Gasteiger partial charge in [-0.2, -0.15) is 0 Å². The highest BCUT2D eigenvalue weighted by Crippen LogP contribution is 2.31. The molecule has 0 bridgehead atoms. The number of rotatable bonds is 6. The Hall–Kier alpha value is -2.49. The second-order valence-corrected chi connectivity index (χ2v) is 10.6. The fourth-order valence-corrected chi connectivity index (χ4v) is 5.88. The monoisotopic (exact) mass is 488 g/mol. The lowest BCUT2D eigenvalue weighted by Crippen LogP contribution is -2.15. The van der Waals surface area contributed by atoms with Crippen LogP contribution in [0.4, 0.5) is 17.3 Å². The normalized spacial score (nSPS) is 11.5. The fourth-order valence-electron chi connectivity index (χ4n) is 2.86. The Bertz CT molecular complexity index is 1290. The van der Waals surface area contributed by atoms with Gasteiger partial charge in [-0.05, 0) is 58.2 Å². The summed E-state index contributed by atoms with van der Waals surface area (Å²) in [5.74, 6) is 0.503. The van der Waals surface area contributed by atoms with Gasteiger partial charge in [-0.15, -0.1) is 11.3 Å². The molecule has 0 aliphatic heterocycles. The number of benzene rings is 2. The van der Waals surface area contributed by atoms with Crippen molar-refractivity contribution >= 4 is 65.6 Å². The minimum Gasteiger partial charge on any atom is -0.337 e. The third kappa shape index (κ3) is 4.26. The molecule has 0 aliphatic rings. The fraction of sp³-hybridized carbons (Fsp3) is 0.100. The molecule has 0 atom stereocenters. The van der Waals surface area contributed by atoms with Gasteiger partial charge in [-0.3, -0.25) is 4.72 Å². The van der Waals surface area contributed by atoms with Gasteiger partial charge < -0.3 is 5.32 Å². The van der Waals surface area contributed by atoms with E-state index in [1.54, 1.807) is 18.2 Å². The Kier molecular flexibility index (Phi) is 5.53. The van der Waals surface area contributed by atoms with Gasteiger partial charge in [0.2, 0.25) is 0 Å². The first-order chi connectivity index (χ1) is 14.0. The molecule has 2 N–H and O–H groups in total. The number of fused-ring (bicyclic) bond motifs is 1. The second kappa shape index (κ2) is 8.10. The maximum Gasteiger partial charge on any atom is 0.272 e. The van der Waals surface area contributed by atoms with Crippen LogP contribution in [0.25, 0.3) is 11.0 Å². The zero-order valence-corrected chi connectivity index (χ0v) is 18.6. The van der Waals surface area contributed by atoms with E-state index in [9.17, 15) is 8.42 Å². The van der Waals surface area contributed by atoms with Gasteiger partial charge in [0.25, 0.3) is 10.0 Å². The maximum atomic E-state index is 12.9. The first-order valence-electron chi connectivity index (χ1n) is 8.86. The third-order valence-corrected chi connectivity index (χ3v) is 7.72. The Morgan fingerprint density at radius 2 is 1.59 bits per heavy atom. The SMILES string of the molecule is CCc1ccccc1Nc1nc2ccccc2nc1NS(=O)(=O)c1ccc(Br)s1. The molecular weight excluding hydrogens is 472 g/mol. The summed E-state index contributed by atoms with van der Waals surface area (Å²) in [5.41, 5.74) is 3.23. The van der Waals surface area contributed by atoms with Crippen molar-refractivity contribution in [2.45, 2.75) is 17.6 Å². The van der Waals surface area contributed by atoms with Gasteiger partial charge in [0.1, 0.15) is 4.21 Å². The van der Waals surface area contributed by atoms with E-state index in [1.165, 1.54) is 0 Å². The van der Waals surface area contributed by atoms with Crippen LogP contribution in [0.3, 0.4) is 0 Å². The number of para-hydroxylation sites is 3. The average Bonchev–Trinajstić information content (AvgIpc) is 3.16. The van der Waals surface area contributed by atoms with Crippen LogP contribution >= 0.6 is 27.3 Å². The molecule has 0 saturated carbocycles. The zero-order chi connectivity index (χ0) is 20.4. The summed E-state index contributed by atoms with van der Waals surface area (Å²) < 4.78 is 29.2. The number of anilines is 3. The van der Waals surface area contributed by atoms with E-state index < -0.39 is 10.0 Å². The van der Waals surface area contributed by atoms with Crippen molar-refractivity contribution in [2.75, 3.05) is 10.0 Å². The average molecular weight is 489 g/mol. The molecule has 2 aromatic carbocycles. The highest BCUT2D eigenvalue weighted by atomic mass is 79.9. The molecule has 9 heteroatoms. The molecule has 2 aromatic heterocycles. The summed E-state index contributed by atoms with van der Waals surface area (Å²) in [4.78, 5) is 9.14. The van der Waals surface area contributed by atoms with Crippen molar-refractivity contribution in [2.24, 2.45) is 0 Å². The number of hydrogen-bond acceptors (Lipinski definition) is 6. The molecule has 4 aromatic rings. The summed E-state index contributed by atoms with van der Waals surface area (Å²) in [7, 11) is -3.80. The molecule has 0 amide bonds. The lowest BCUT2D eigenvalue weighted by molar-refractivity contribution is 0.603. The molecular formula is C20H17BrN4O2S2. The number of nitrogens with one attached hydrogen (secondary N) is 2. The highest BCUT2D eigenvalue weighted by molar-refractivity contribution is 9.11. The minimum atomic E-state index is -3.80. The predicted molar refractivity (Wildman–Crippen MR) is 121 cm³/mol. The number of sulfonamides is 1. The molecule has 148 valence electrons. The first-order valence-corrected chi connectivity index (χ1v) is 12.0. The van der Waals surface area contributed by atoms with Crippen molar-refractivity contribution < 1.29 is 8.42 Å². The van der Waals surface area contributed by atoms with E-state index >= 15 is 0 Å². The van der Waals surface area contributed by atoms with Crippen LogP contribution < -0.4 is 10.0 Å². The lowest BCUT2D eigenvalue weighted by atomic mass is 10.1. The summed E-state index contributed by atoms with van der Waals surface area (Å²) in [5, 5.41) is 3.26. The van der Waals surface area contributed by atoms with Crippen molar-refractivity contribution in [3.05, 3.63) is 70.0 Å². The quantitative estimate of drug-likeness (QED) is 0.371. The molecule has 0 aliphatic carbocycles. The predicted octanol–water partition coefficient (Wildman–Crippen LogP) is 5.56. The third-order valence-electron chi connectivity index (χ3n) is 4.27. The van der Waals surface area contributed by atoms with Crippen molar-refractivity contribution in [1.29, 1.82) is 0 Å². The van der Waals surface area contributed by atoms with E-state index in [0.717, 1.165) is 32.8 Å². The van der Waals surface area contributed by atoms with E-state index in [1.807, 2.05) is 42.5 Å². The van der Waals surface area contributed by atoms with Crippen molar-refractivity contribution in [1.82, 2.24) is 9.97 Å². The smallest absolute Gasteiger partial charge is 0.272 e. The molecule has 0 radical (unpaired) electrons. The number of hydrogen-bond donors (Lipinski definition) is 2. The number of thiophene rings is 1. The number of aromatic nitrogens is 2. The lowest BCUT2D eigenvalue weighted by Gasteiger charge is -2.15. The van der Waals surface area contributed by atoms with Gasteiger partial charge in [0, 0.05) is 5.69 Å². The minimum absolute atomic E-state index is 0.152. The van der Waals surface area contributed by atoms with E-state index in [-0.39, 0.29) is 10.0 Å². The summed E-state index contributed by atoms with van der Waals surface area (Å²) in [6, 6.07) is 18.4. The number of nitrogens with zero attached hydrogens (tertiary/aromatic N) is 2. The summed E-state index contributed by atoms with van der Waals surface area (Å²) in [6.07, 6.45) is 0.828. The van der Waals surface area contributed by atoms with Gasteiger partial charge in [0.15, 0.2) is 11.6 Å². The molecule has 4 rings (SSSR count). The second-order valence-electron chi connectivity index (χ2n) is 6.21. The Labute approximate surface area is 181 Å². The molecule has 2 heterocycles. The van der Waals surface area contributed by atoms with Crippen LogP contribution in [0.15, 0.2) is 68.7 Å². The molecule has 0 saturated heterocycles. The van der Waals surface area contributed by atoms with Crippen LogP contribution in [0, 0.1) is 0 Å². The maximum absolute atomic E-state index is 12.9. The summed E-state index contributed by atoms with van der Waals surface area (Å²) >= 11 is 4.43. The van der Waals surface area contributed by atoms with Gasteiger partial charge >= 0.3 is 0 Å². The molecule has 0 fully saturated rings. The van der Waals surface area contributed by atoms with Gasteiger partial charge in [-0.25, -0.2) is 18.4 Å². The van der Waals surface area contributed by atoms with Crippen LogP contribution in [-0.4, -0.2) is 18.4 Å². The van der Waals surface area contributed by atoms with Crippen LogP contribution in [0.1, 0.15) is 12.5 Å². The van der Waals surface area contributed by atoms with E-state index in [2.05, 4.69) is 42.9 Å². The highest BCUT2D eigenvalue weighted by Gasteiger charge is 2.21. The van der Waals surface area contributed by atoms with E-state index in [4.69, 9.17) is 0 Å². The molecule has 6 nitrogen and oxygen atoms in total. The zero-order valence-electron chi connectivity index (χ0n) is 15.4. The first kappa shape index (κ1) is 19.8. The Morgan fingerprint density at radius 1 is 0.931 bits per heavy atom. The van der Waals surface area contributed by atoms with Gasteiger partial charge in [0.05, 0.1) is 14.8 Å². The standard InChI is InChI=1S/C20H17BrN4O2S2/c1-2-13-7-3-4-8-14(13)22-19-20(24-16-10-6-5-9-15(16)23-19)25-29(26,27)18-12-11-17(21)28-18/h3-12H,2H2,1H3,(H,22,23)(H,24,25). The molecule has 29 heavy (non-hydrogen) atoms. The molecule has 0 unspecified atom stereocenters. The number of aryl methyl sites for hydroxylation is 1. The molecule has 0 spiro atoms. The van der Waals surface area contributed by atoms with Gasteiger partial charge in [-0.1, -0.05) is 37.3 Å². The number of halogens is 1. The van der Waals surface area contributed by atoms with Crippen molar-refractivity contribution in [3.63, 3.8) is 0 Å². The van der Waals surface area contributed by atoms with Crippen LogP contribution in [-0.2, 0) is 16.4 Å². The van der Waals surface area contributed by atoms with E-state index in [0.29, 0.717) is 16.9 Å². The summed E-state index contributed by atoms with van der Waals surface area (Å²) in [6.45, 7) is 2.06. The Balaban J connectivity index is 1.80. The van der Waals surface area contributed by atoms with Crippen LogP contribution in [0.2, 0.25) is 0 Å². The Morgan fingerprint density at radius 3 is 2.24 bits per heavy atom. The topological polar surface area (TPSA) is 84.0 Å².